The minimum Gasteiger partial charge on any atom is -0.494 e. The normalized spacial score (nSPS) is 24.5. The first-order valence-electron chi connectivity index (χ1n) is 24.5. The van der Waals surface area contributed by atoms with Crippen LogP contribution in [-0.4, -0.2) is 160 Å². The second kappa shape index (κ2) is 19.2. The Hall–Kier alpha value is -7.47. The molecule has 4 aliphatic rings. The van der Waals surface area contributed by atoms with Gasteiger partial charge in [0.1, 0.15) is 42.5 Å². The second-order valence-corrected chi connectivity index (χ2v) is 20.4. The van der Waals surface area contributed by atoms with E-state index in [1.54, 1.807) is 4.57 Å². The van der Waals surface area contributed by atoms with Crippen LogP contribution in [0.5, 0.6) is 5.75 Å². The summed E-state index contributed by atoms with van der Waals surface area (Å²) in [5.41, 5.74) is 13.6. The summed E-state index contributed by atoms with van der Waals surface area (Å²) in [6, 6.07) is 3.57. The van der Waals surface area contributed by atoms with E-state index in [1.165, 1.54) is 49.2 Å². The van der Waals surface area contributed by atoms with Crippen LogP contribution in [0, 0.1) is 11.6 Å². The van der Waals surface area contributed by atoms with E-state index in [4.69, 9.17) is 26.7 Å². The Balaban J connectivity index is 0.969. The number of aromatic nitrogens is 10. The van der Waals surface area contributed by atoms with Crippen molar-refractivity contribution in [1.29, 1.82) is 0 Å². The molecule has 8 heterocycles. The maximum absolute atomic E-state index is 16.7. The number of ether oxygens (including phenoxy) is 2. The number of aliphatic hydroxyl groups excluding tert-OH is 2. The lowest BCUT2D eigenvalue weighted by molar-refractivity contribution is -0.114. The average Bonchev–Trinajstić information content (AvgIpc) is 4.17. The average molecular weight is 1100 g/mol. The molecule has 21 nitrogen and oxygen atoms in total. The molecule has 6 aromatic heterocycles. The van der Waals surface area contributed by atoms with Gasteiger partial charge in [-0.25, -0.2) is 69.6 Å². The quantitative estimate of drug-likeness (QED) is 0.0791. The van der Waals surface area contributed by atoms with Crippen LogP contribution in [0.25, 0.3) is 33.6 Å². The largest absolute Gasteiger partial charge is 0.494 e. The SMILES string of the molecule is COc1cc(F)c(-c2cc(C3(n4cnc5c(N)ncnc54)CC3)c(N3CC(F)(F)C[C@](NC4CC4c4cc(C(=O)n5cnc6c(N)ncnc65)c(N5CCC(OC)[C@](N)([C@H](O)C(F)F)C5)cn4)([C@H](O)C(F)F)C3)cn2)cc1F. The molecule has 2 saturated heterocycles. The van der Waals surface area contributed by atoms with Gasteiger partial charge in [-0.15, -0.1) is 0 Å². The minimum atomic E-state index is -3.78. The fraction of sp³-hybridized carbons (Fsp3) is 0.449. The topological polar surface area (TPSA) is 286 Å². The predicted molar refractivity (Wildman–Crippen MR) is 263 cm³/mol. The molecule has 9 N–H and O–H groups in total. The van der Waals surface area contributed by atoms with Gasteiger partial charge in [-0.3, -0.25) is 14.8 Å². The Kier molecular flexibility index (Phi) is 12.9. The zero-order valence-electron chi connectivity index (χ0n) is 41.4. The van der Waals surface area contributed by atoms with E-state index in [0.29, 0.717) is 12.8 Å². The number of nitrogen functional groups attached to an aromatic ring is 2. The van der Waals surface area contributed by atoms with Gasteiger partial charge in [-0.2, -0.15) is 0 Å². The van der Waals surface area contributed by atoms with Gasteiger partial charge < -0.3 is 56.6 Å². The lowest BCUT2D eigenvalue weighted by atomic mass is 9.81. The van der Waals surface area contributed by atoms with Crippen LogP contribution < -0.4 is 37.1 Å². The molecule has 7 aromatic rings. The van der Waals surface area contributed by atoms with Crippen molar-refractivity contribution in [2.75, 3.05) is 61.7 Å². The number of methoxy groups -OCH3 is 2. The summed E-state index contributed by atoms with van der Waals surface area (Å²) >= 11 is 0. The van der Waals surface area contributed by atoms with Crippen molar-refractivity contribution in [1.82, 2.24) is 54.3 Å². The van der Waals surface area contributed by atoms with Crippen molar-refractivity contribution in [3.8, 4) is 17.0 Å². The minimum absolute atomic E-state index is 0.00677. The number of hydrogen-bond donors (Lipinski definition) is 6. The molecular formula is C49H50F8N16O5. The number of nitrogens with zero attached hydrogens (tertiary/aromatic N) is 12. The van der Waals surface area contributed by atoms with Crippen LogP contribution in [0.4, 0.5) is 58.1 Å². The third-order valence-electron chi connectivity index (χ3n) is 15.6. The van der Waals surface area contributed by atoms with Gasteiger partial charge in [0.05, 0.1) is 77.7 Å². The van der Waals surface area contributed by atoms with E-state index in [2.05, 4.69) is 45.2 Å². The maximum Gasteiger partial charge on any atom is 0.267 e. The highest BCUT2D eigenvalue weighted by atomic mass is 19.3. The Labute approximate surface area is 436 Å². The van der Waals surface area contributed by atoms with E-state index in [-0.39, 0.29) is 98.6 Å². The third-order valence-corrected chi connectivity index (χ3v) is 15.6. The lowest BCUT2D eigenvalue weighted by Crippen LogP contribution is -2.70. The molecule has 78 heavy (non-hydrogen) atoms. The van der Waals surface area contributed by atoms with Crippen LogP contribution in [0.3, 0.4) is 0 Å². The first-order chi connectivity index (χ1) is 37.1. The van der Waals surface area contributed by atoms with Crippen LogP contribution in [0.15, 0.2) is 62.0 Å². The summed E-state index contributed by atoms with van der Waals surface area (Å²) < 4.78 is 136. The van der Waals surface area contributed by atoms with Gasteiger partial charge in [-0.05, 0) is 43.9 Å². The maximum atomic E-state index is 16.7. The fourth-order valence-electron chi connectivity index (χ4n) is 11.5. The number of benzene rings is 1. The third kappa shape index (κ3) is 8.79. The van der Waals surface area contributed by atoms with Crippen molar-refractivity contribution in [2.45, 2.75) is 97.8 Å². The number of carbonyl (C=O) groups is 1. The molecule has 0 amide bonds. The number of nitrogens with two attached hydrogens (primary N) is 3. The summed E-state index contributed by atoms with van der Waals surface area (Å²) in [7, 11) is 2.43. The first kappa shape index (κ1) is 52.6. The number of fused-ring (bicyclic) bond motifs is 2. The lowest BCUT2D eigenvalue weighted by Gasteiger charge is -2.50. The van der Waals surface area contributed by atoms with Gasteiger partial charge in [0.2, 0.25) is 0 Å². The Morgan fingerprint density at radius 3 is 2.15 bits per heavy atom. The molecule has 0 bridgehead atoms. The van der Waals surface area contributed by atoms with E-state index >= 15 is 26.3 Å². The number of carbonyl (C=O) groups excluding carboxylic acids is 1. The molecule has 29 heteroatoms. The van der Waals surface area contributed by atoms with Gasteiger partial charge in [0.15, 0.2) is 40.0 Å². The summed E-state index contributed by atoms with van der Waals surface area (Å²) in [6.07, 6.45) is -6.05. The zero-order valence-corrected chi connectivity index (χ0v) is 41.4. The van der Waals surface area contributed by atoms with Crippen LogP contribution in [-0.2, 0) is 10.3 Å². The molecule has 2 aliphatic heterocycles. The highest BCUT2D eigenvalue weighted by Gasteiger charge is 2.59. The zero-order chi connectivity index (χ0) is 55.4. The molecule has 3 unspecified atom stereocenters. The number of hydrogen-bond acceptors (Lipinski definition) is 19. The van der Waals surface area contributed by atoms with Crippen molar-refractivity contribution in [3.63, 3.8) is 0 Å². The summed E-state index contributed by atoms with van der Waals surface area (Å²) in [6.45, 7) is -2.07. The number of nitrogens with one attached hydrogen (secondary N) is 1. The number of pyridine rings is 2. The molecule has 0 radical (unpaired) electrons. The number of anilines is 4. The highest BCUT2D eigenvalue weighted by molar-refractivity contribution is 6.05. The number of piperidine rings is 2. The molecule has 2 aliphatic carbocycles. The van der Waals surface area contributed by atoms with E-state index in [0.717, 1.165) is 41.4 Å². The standard InChI is InChI=1S/C49H50F8N16O5/c1-77-33-11-26(50)22(7-27(33)51)29-10-25(47(4-5-47)73-21-68-36-42(59)64-19-66-44(36)73)32(13-62-29)71-15-46(37(74)39(52)53,14-48(56,57)16-71)69-30-8-23(30)28-9-24(45(76)72-20-67-35-41(58)63-18-65-43(35)72)31(12-61-28)70-6-3-34(78-2)49(60,17-70)38(75)40(54)55/h7,9-13,18-21,23,30,34,37-40,69,74-75H,3-6,8,14-17,60H2,1-2H3,(H2,58,63,65)(H2,59,64,66)/t23?,30?,34?,37-,38-,46-,49+/m1/s1. The van der Waals surface area contributed by atoms with Gasteiger partial charge >= 0.3 is 0 Å². The summed E-state index contributed by atoms with van der Waals surface area (Å²) in [4.78, 5) is 51.5. The number of aliphatic hydroxyl groups is 2. The van der Waals surface area contributed by atoms with E-state index < -0.39 is 109 Å². The molecular weight excluding hydrogens is 1040 g/mol. The predicted octanol–water partition coefficient (Wildman–Crippen LogP) is 4.00. The molecule has 4 fully saturated rings. The summed E-state index contributed by atoms with van der Waals surface area (Å²) in [5, 5.41) is 25.2. The smallest absolute Gasteiger partial charge is 0.267 e. The van der Waals surface area contributed by atoms with Crippen molar-refractivity contribution < 1.29 is 59.6 Å². The highest BCUT2D eigenvalue weighted by Crippen LogP contribution is 2.55. The number of halogens is 8. The molecule has 1 aromatic carbocycles. The Bertz CT molecular complexity index is 3480. The Morgan fingerprint density at radius 2 is 1.47 bits per heavy atom. The van der Waals surface area contributed by atoms with Gasteiger partial charge in [0.25, 0.3) is 24.7 Å². The van der Waals surface area contributed by atoms with Gasteiger partial charge in [-0.1, -0.05) is 0 Å². The molecule has 412 valence electrons. The number of alkyl halides is 6. The van der Waals surface area contributed by atoms with Crippen LogP contribution >= 0.6 is 0 Å². The van der Waals surface area contributed by atoms with Gasteiger partial charge in [0, 0.05) is 68.0 Å². The summed E-state index contributed by atoms with van der Waals surface area (Å²) in [5.74, 6) is -7.52. The van der Waals surface area contributed by atoms with E-state index in [9.17, 15) is 23.8 Å². The molecule has 0 spiro atoms. The molecule has 11 rings (SSSR count). The Morgan fingerprint density at radius 1 is 0.795 bits per heavy atom. The molecule has 2 saturated carbocycles. The second-order valence-electron chi connectivity index (χ2n) is 20.4. The van der Waals surface area contributed by atoms with Crippen molar-refractivity contribution in [3.05, 3.63) is 90.4 Å². The van der Waals surface area contributed by atoms with Crippen molar-refractivity contribution >= 4 is 51.2 Å². The first-order valence-corrected chi connectivity index (χ1v) is 24.5. The number of rotatable bonds is 15. The van der Waals surface area contributed by atoms with Crippen LogP contribution in [0.2, 0.25) is 0 Å². The monoisotopic (exact) mass is 1090 g/mol. The van der Waals surface area contributed by atoms with Crippen molar-refractivity contribution in [2.24, 2.45) is 5.73 Å². The van der Waals surface area contributed by atoms with Crippen LogP contribution in [0.1, 0.15) is 59.6 Å². The molecule has 7 atom stereocenters. The number of imidazole rings is 2. The fourth-order valence-corrected chi connectivity index (χ4v) is 11.5. The van der Waals surface area contributed by atoms with E-state index in [1.807, 2.05) is 0 Å².